The summed E-state index contributed by atoms with van der Waals surface area (Å²) in [5.74, 6) is 0.602. The van der Waals surface area contributed by atoms with Gasteiger partial charge in [0.25, 0.3) is 0 Å². The zero-order chi connectivity index (χ0) is 9.26. The van der Waals surface area contributed by atoms with E-state index >= 15 is 0 Å². The zero-order valence-corrected chi connectivity index (χ0v) is 8.39. The van der Waals surface area contributed by atoms with Gasteiger partial charge in [-0.2, -0.15) is 0 Å². The number of likely N-dealkylation sites (tertiary alicyclic amines) is 1. The lowest BCUT2D eigenvalue weighted by molar-refractivity contribution is 0.209. The Hall–Kier alpha value is -0.500. The molecule has 1 unspecified atom stereocenters. The molecule has 1 atom stereocenters. The number of halogens is 1. The van der Waals surface area contributed by atoms with Crippen LogP contribution in [0.1, 0.15) is 32.1 Å². The number of nitrogens with zero attached hydrogens (tertiary/aromatic N) is 1. The monoisotopic (exact) mass is 199 g/mol. The van der Waals surface area contributed by atoms with E-state index in [4.69, 9.17) is 11.6 Å². The molecule has 72 valence electrons. The number of amides is 1. The molecule has 13 heavy (non-hydrogen) atoms. The van der Waals surface area contributed by atoms with E-state index in [2.05, 4.69) is 6.08 Å². The number of hydrogen-bond donors (Lipinski definition) is 0. The van der Waals surface area contributed by atoms with Crippen molar-refractivity contribution >= 4 is 17.0 Å². The average molecular weight is 200 g/mol. The first-order chi connectivity index (χ1) is 6.29. The minimum absolute atomic E-state index is 0.308. The SMILES string of the molecule is O=C(Cl)N1CCCC2CCCC=C21. The maximum Gasteiger partial charge on any atom is 0.320 e. The summed E-state index contributed by atoms with van der Waals surface area (Å²) >= 11 is 5.52. The fraction of sp³-hybridized carbons (Fsp3) is 0.700. The summed E-state index contributed by atoms with van der Waals surface area (Å²) in [6.45, 7) is 0.810. The second kappa shape index (κ2) is 3.70. The molecule has 0 spiro atoms. The number of hydrogen-bond acceptors (Lipinski definition) is 1. The van der Waals surface area contributed by atoms with Crippen LogP contribution in [0.4, 0.5) is 4.79 Å². The van der Waals surface area contributed by atoms with E-state index in [-0.39, 0.29) is 5.37 Å². The normalized spacial score (nSPS) is 27.9. The second-order valence-electron chi connectivity index (χ2n) is 3.80. The molecule has 2 nitrogen and oxygen atoms in total. The van der Waals surface area contributed by atoms with Crippen molar-refractivity contribution in [2.45, 2.75) is 32.1 Å². The van der Waals surface area contributed by atoms with Crippen molar-refractivity contribution in [2.24, 2.45) is 5.92 Å². The number of fused-ring (bicyclic) bond motifs is 1. The summed E-state index contributed by atoms with van der Waals surface area (Å²) in [5.41, 5.74) is 1.19. The lowest BCUT2D eigenvalue weighted by atomic mass is 9.85. The van der Waals surface area contributed by atoms with Crippen molar-refractivity contribution in [1.29, 1.82) is 0 Å². The summed E-state index contributed by atoms with van der Waals surface area (Å²) in [6, 6.07) is 0. The molecule has 2 rings (SSSR count). The summed E-state index contributed by atoms with van der Waals surface area (Å²) < 4.78 is 0. The Kier molecular flexibility index (Phi) is 2.58. The molecule has 0 saturated carbocycles. The van der Waals surface area contributed by atoms with Crippen molar-refractivity contribution in [3.05, 3.63) is 11.8 Å². The van der Waals surface area contributed by atoms with Crippen molar-refractivity contribution in [3.63, 3.8) is 0 Å². The van der Waals surface area contributed by atoms with Crippen LogP contribution in [-0.4, -0.2) is 16.8 Å². The predicted octanol–water partition coefficient (Wildman–Crippen LogP) is 3.13. The Morgan fingerprint density at radius 2 is 2.23 bits per heavy atom. The van der Waals surface area contributed by atoms with Gasteiger partial charge in [0.05, 0.1) is 0 Å². The van der Waals surface area contributed by atoms with Gasteiger partial charge < -0.3 is 4.90 Å². The van der Waals surface area contributed by atoms with Gasteiger partial charge in [0.1, 0.15) is 0 Å². The first-order valence-electron chi connectivity index (χ1n) is 4.96. The number of allylic oxidation sites excluding steroid dienone is 2. The van der Waals surface area contributed by atoms with E-state index in [1.54, 1.807) is 4.90 Å². The van der Waals surface area contributed by atoms with Crippen LogP contribution in [0.5, 0.6) is 0 Å². The van der Waals surface area contributed by atoms with Crippen LogP contribution in [-0.2, 0) is 0 Å². The van der Waals surface area contributed by atoms with Gasteiger partial charge >= 0.3 is 5.37 Å². The first-order valence-corrected chi connectivity index (χ1v) is 5.34. The molecule has 0 bridgehead atoms. The topological polar surface area (TPSA) is 20.3 Å². The Labute approximate surface area is 83.5 Å². The van der Waals surface area contributed by atoms with Gasteiger partial charge in [-0.25, -0.2) is 0 Å². The van der Waals surface area contributed by atoms with Gasteiger partial charge in [-0.3, -0.25) is 4.79 Å². The number of carbonyl (C=O) groups excluding carboxylic acids is 1. The molecule has 1 aliphatic heterocycles. The zero-order valence-electron chi connectivity index (χ0n) is 7.63. The van der Waals surface area contributed by atoms with E-state index < -0.39 is 0 Å². The third-order valence-corrected chi connectivity index (χ3v) is 3.19. The van der Waals surface area contributed by atoms with Crippen molar-refractivity contribution in [3.8, 4) is 0 Å². The lowest BCUT2D eigenvalue weighted by Crippen LogP contribution is -2.36. The maximum absolute atomic E-state index is 11.1. The van der Waals surface area contributed by atoms with Crippen LogP contribution in [0.15, 0.2) is 11.8 Å². The Morgan fingerprint density at radius 1 is 1.46 bits per heavy atom. The molecule has 0 aromatic rings. The van der Waals surface area contributed by atoms with Gasteiger partial charge in [0.2, 0.25) is 0 Å². The minimum atomic E-state index is -0.308. The van der Waals surface area contributed by atoms with E-state index in [0.717, 1.165) is 19.4 Å². The molecule has 0 radical (unpaired) electrons. The van der Waals surface area contributed by atoms with E-state index in [9.17, 15) is 4.79 Å². The predicted molar refractivity (Wildman–Crippen MR) is 52.6 cm³/mol. The molecular formula is C10H14ClNO. The molecule has 0 N–H and O–H groups in total. The molecule has 0 aromatic heterocycles. The van der Waals surface area contributed by atoms with Gasteiger partial charge in [-0.15, -0.1) is 0 Å². The largest absolute Gasteiger partial charge is 0.320 e. The van der Waals surface area contributed by atoms with E-state index in [1.807, 2.05) is 0 Å². The van der Waals surface area contributed by atoms with Crippen LogP contribution < -0.4 is 0 Å². The quantitative estimate of drug-likeness (QED) is 0.434. The van der Waals surface area contributed by atoms with Crippen molar-refractivity contribution in [2.75, 3.05) is 6.54 Å². The summed E-state index contributed by atoms with van der Waals surface area (Å²) in [5, 5.41) is -0.308. The maximum atomic E-state index is 11.1. The van der Waals surface area contributed by atoms with Gasteiger partial charge in [0.15, 0.2) is 0 Å². The lowest BCUT2D eigenvalue weighted by Gasteiger charge is -2.36. The van der Waals surface area contributed by atoms with Crippen LogP contribution in [0.3, 0.4) is 0 Å². The molecule has 3 heteroatoms. The molecule has 1 fully saturated rings. The van der Waals surface area contributed by atoms with Gasteiger partial charge in [0, 0.05) is 12.2 Å². The van der Waals surface area contributed by atoms with Crippen LogP contribution in [0.25, 0.3) is 0 Å². The highest BCUT2D eigenvalue weighted by molar-refractivity contribution is 6.63. The van der Waals surface area contributed by atoms with Crippen LogP contribution in [0, 0.1) is 5.92 Å². The van der Waals surface area contributed by atoms with E-state index in [1.165, 1.54) is 25.0 Å². The van der Waals surface area contributed by atoms with Crippen molar-refractivity contribution in [1.82, 2.24) is 4.90 Å². The first kappa shape index (κ1) is 9.07. The third kappa shape index (κ3) is 1.73. The molecule has 1 saturated heterocycles. The standard InChI is InChI=1S/C10H14ClNO/c11-10(13)12-7-3-5-8-4-1-2-6-9(8)12/h6,8H,1-5,7H2. The highest BCUT2D eigenvalue weighted by atomic mass is 35.5. The fourth-order valence-electron chi connectivity index (χ4n) is 2.37. The molecule has 2 aliphatic rings. The summed E-state index contributed by atoms with van der Waals surface area (Å²) in [6.07, 6.45) is 8.11. The second-order valence-corrected chi connectivity index (χ2v) is 4.13. The molecule has 1 aliphatic carbocycles. The fourth-order valence-corrected chi connectivity index (χ4v) is 2.55. The van der Waals surface area contributed by atoms with Crippen LogP contribution >= 0.6 is 11.6 Å². The van der Waals surface area contributed by atoms with E-state index in [0.29, 0.717) is 5.92 Å². The average Bonchev–Trinajstić information content (AvgIpc) is 2.17. The van der Waals surface area contributed by atoms with Gasteiger partial charge in [-0.1, -0.05) is 6.08 Å². The number of rotatable bonds is 0. The third-order valence-electron chi connectivity index (χ3n) is 2.99. The molecule has 1 heterocycles. The Bertz CT molecular complexity index is 249. The van der Waals surface area contributed by atoms with Crippen molar-refractivity contribution < 1.29 is 4.79 Å². The van der Waals surface area contributed by atoms with Gasteiger partial charge in [-0.05, 0) is 49.6 Å². The molecular weight excluding hydrogens is 186 g/mol. The molecule has 1 amide bonds. The highest BCUT2D eigenvalue weighted by Gasteiger charge is 2.29. The minimum Gasteiger partial charge on any atom is -0.303 e. The summed E-state index contributed by atoms with van der Waals surface area (Å²) in [7, 11) is 0. The highest BCUT2D eigenvalue weighted by Crippen LogP contribution is 2.35. The Balaban J connectivity index is 2.19. The number of piperidine rings is 1. The molecule has 0 aromatic carbocycles. The Morgan fingerprint density at radius 3 is 3.00 bits per heavy atom. The number of carbonyl (C=O) groups is 1. The van der Waals surface area contributed by atoms with Crippen LogP contribution in [0.2, 0.25) is 0 Å². The smallest absolute Gasteiger partial charge is 0.303 e. The summed E-state index contributed by atoms with van der Waals surface area (Å²) in [4.78, 5) is 12.8.